The fraction of sp³-hybridized carbons (Fsp3) is 0.438. The highest BCUT2D eigenvalue weighted by Gasteiger charge is 2.20. The Hall–Kier alpha value is -1.92. The first-order chi connectivity index (χ1) is 10.7. The molecule has 0 amide bonds. The highest BCUT2D eigenvalue weighted by Crippen LogP contribution is 2.30. The number of benzene rings is 1. The first-order valence-corrected chi connectivity index (χ1v) is 7.29. The molecule has 1 saturated heterocycles. The minimum absolute atomic E-state index is 0.0125. The summed E-state index contributed by atoms with van der Waals surface area (Å²) in [6, 6.07) is 4.86. The number of ether oxygens (including phenoxy) is 3. The molecule has 1 aromatic heterocycles. The van der Waals surface area contributed by atoms with Crippen molar-refractivity contribution in [1.82, 2.24) is 4.98 Å². The van der Waals surface area contributed by atoms with E-state index in [2.05, 4.69) is 4.98 Å². The van der Waals surface area contributed by atoms with Gasteiger partial charge in [-0.15, -0.1) is 0 Å². The average molecular weight is 306 g/mol. The molecule has 2 heterocycles. The van der Waals surface area contributed by atoms with Crippen LogP contribution in [0.3, 0.4) is 0 Å². The fourth-order valence-corrected chi connectivity index (χ4v) is 2.55. The van der Waals surface area contributed by atoms with Gasteiger partial charge in [-0.3, -0.25) is 4.98 Å². The van der Waals surface area contributed by atoms with Crippen molar-refractivity contribution in [2.75, 3.05) is 20.3 Å². The summed E-state index contributed by atoms with van der Waals surface area (Å²) in [4.78, 5) is 4.06. The van der Waals surface area contributed by atoms with E-state index in [0.29, 0.717) is 30.1 Å². The third-order valence-electron chi connectivity index (χ3n) is 3.80. The Labute approximate surface area is 128 Å². The second-order valence-electron chi connectivity index (χ2n) is 5.42. The van der Waals surface area contributed by atoms with Gasteiger partial charge < -0.3 is 19.9 Å². The zero-order valence-corrected chi connectivity index (χ0v) is 12.4. The third kappa shape index (κ3) is 3.13. The number of aromatic nitrogens is 1. The largest absolute Gasteiger partial charge is 0.497 e. The second-order valence-corrected chi connectivity index (χ2v) is 5.42. The first kappa shape index (κ1) is 15.0. The van der Waals surface area contributed by atoms with Crippen LogP contribution in [-0.4, -0.2) is 37.5 Å². The fourth-order valence-electron chi connectivity index (χ4n) is 2.55. The molecule has 0 aliphatic carbocycles. The van der Waals surface area contributed by atoms with Crippen LogP contribution < -0.4 is 15.2 Å². The van der Waals surface area contributed by atoms with Crippen LogP contribution in [0.15, 0.2) is 24.4 Å². The Morgan fingerprint density at radius 1 is 1.41 bits per heavy atom. The van der Waals surface area contributed by atoms with Crippen LogP contribution in [0.4, 0.5) is 4.39 Å². The van der Waals surface area contributed by atoms with Crippen molar-refractivity contribution in [2.45, 2.75) is 25.0 Å². The molecule has 3 rings (SSSR count). The van der Waals surface area contributed by atoms with Crippen molar-refractivity contribution in [3.05, 3.63) is 30.2 Å². The van der Waals surface area contributed by atoms with Gasteiger partial charge in [0.05, 0.1) is 19.8 Å². The predicted octanol–water partition coefficient (Wildman–Crippen LogP) is 2.27. The predicted molar refractivity (Wildman–Crippen MR) is 80.7 cm³/mol. The van der Waals surface area contributed by atoms with Crippen molar-refractivity contribution in [1.29, 1.82) is 0 Å². The number of pyridine rings is 1. The molecule has 0 unspecified atom stereocenters. The Kier molecular flexibility index (Phi) is 4.40. The van der Waals surface area contributed by atoms with Gasteiger partial charge in [0.1, 0.15) is 23.6 Å². The SMILES string of the molecule is COc1cc(F)c2nccc(OC[C@@H]3CC[C@@H](N)CO3)c2c1. The van der Waals surface area contributed by atoms with Gasteiger partial charge in [-0.05, 0) is 25.0 Å². The molecule has 0 radical (unpaired) electrons. The van der Waals surface area contributed by atoms with E-state index in [1.54, 1.807) is 12.1 Å². The van der Waals surface area contributed by atoms with E-state index in [4.69, 9.17) is 19.9 Å². The van der Waals surface area contributed by atoms with Gasteiger partial charge in [0.25, 0.3) is 0 Å². The topological polar surface area (TPSA) is 66.6 Å². The van der Waals surface area contributed by atoms with Crippen LogP contribution in [0.2, 0.25) is 0 Å². The average Bonchev–Trinajstić information content (AvgIpc) is 2.54. The standard InChI is InChI=1S/C16H19FN2O3/c1-20-12-6-13-15(4-5-19-16(13)14(17)7-12)22-9-11-3-2-10(18)8-21-11/h4-7,10-11H,2-3,8-9,18H2,1H3/t10-,11+/m1/s1. The lowest BCUT2D eigenvalue weighted by molar-refractivity contribution is -0.0194. The molecule has 2 atom stereocenters. The number of rotatable bonds is 4. The Balaban J connectivity index is 1.80. The van der Waals surface area contributed by atoms with Crippen molar-refractivity contribution in [3.8, 4) is 11.5 Å². The number of halogens is 1. The van der Waals surface area contributed by atoms with E-state index in [0.717, 1.165) is 12.8 Å². The van der Waals surface area contributed by atoms with E-state index in [9.17, 15) is 4.39 Å². The van der Waals surface area contributed by atoms with Crippen LogP contribution in [0.5, 0.6) is 11.5 Å². The van der Waals surface area contributed by atoms with Crippen LogP contribution in [0, 0.1) is 5.82 Å². The Morgan fingerprint density at radius 2 is 2.27 bits per heavy atom. The summed E-state index contributed by atoms with van der Waals surface area (Å²) in [7, 11) is 1.50. The van der Waals surface area contributed by atoms with Crippen molar-refractivity contribution in [3.63, 3.8) is 0 Å². The molecule has 2 N–H and O–H groups in total. The molecular weight excluding hydrogens is 287 g/mol. The van der Waals surface area contributed by atoms with E-state index < -0.39 is 5.82 Å². The number of nitrogens with zero attached hydrogens (tertiary/aromatic N) is 1. The summed E-state index contributed by atoms with van der Waals surface area (Å²) >= 11 is 0. The van der Waals surface area contributed by atoms with E-state index >= 15 is 0 Å². The maximum Gasteiger partial charge on any atom is 0.153 e. The molecule has 1 aromatic carbocycles. The molecule has 0 spiro atoms. The molecule has 6 heteroatoms. The minimum atomic E-state index is -0.431. The normalized spacial score (nSPS) is 21.8. The molecule has 0 saturated carbocycles. The zero-order chi connectivity index (χ0) is 15.5. The summed E-state index contributed by atoms with van der Waals surface area (Å²) in [5, 5.41) is 0.590. The molecule has 118 valence electrons. The molecule has 1 aliphatic heterocycles. The molecule has 22 heavy (non-hydrogen) atoms. The number of hydrogen-bond donors (Lipinski definition) is 1. The van der Waals surface area contributed by atoms with Crippen molar-refractivity contribution in [2.24, 2.45) is 5.73 Å². The monoisotopic (exact) mass is 306 g/mol. The molecule has 2 aromatic rings. The molecule has 1 aliphatic rings. The smallest absolute Gasteiger partial charge is 0.153 e. The number of fused-ring (bicyclic) bond motifs is 1. The van der Waals surface area contributed by atoms with Gasteiger partial charge >= 0.3 is 0 Å². The maximum atomic E-state index is 14.0. The van der Waals surface area contributed by atoms with Gasteiger partial charge in [0.15, 0.2) is 5.82 Å². The molecular formula is C16H19FN2O3. The zero-order valence-electron chi connectivity index (χ0n) is 12.4. The number of methoxy groups -OCH3 is 1. The first-order valence-electron chi connectivity index (χ1n) is 7.29. The van der Waals surface area contributed by atoms with Gasteiger partial charge in [0.2, 0.25) is 0 Å². The van der Waals surface area contributed by atoms with Crippen molar-refractivity contribution < 1.29 is 18.6 Å². The molecule has 1 fully saturated rings. The summed E-state index contributed by atoms with van der Waals surface area (Å²) in [6.45, 7) is 0.957. The second kappa shape index (κ2) is 6.46. The van der Waals surface area contributed by atoms with E-state index in [1.807, 2.05) is 0 Å². The van der Waals surface area contributed by atoms with Crippen LogP contribution in [-0.2, 0) is 4.74 Å². The van der Waals surface area contributed by atoms with Crippen LogP contribution >= 0.6 is 0 Å². The van der Waals surface area contributed by atoms with Gasteiger partial charge in [-0.2, -0.15) is 0 Å². The van der Waals surface area contributed by atoms with Gasteiger partial charge in [-0.25, -0.2) is 4.39 Å². The number of nitrogens with two attached hydrogens (primary N) is 1. The Morgan fingerprint density at radius 3 is 3.00 bits per heavy atom. The summed E-state index contributed by atoms with van der Waals surface area (Å²) < 4.78 is 30.6. The molecule has 5 nitrogen and oxygen atoms in total. The van der Waals surface area contributed by atoms with Crippen molar-refractivity contribution >= 4 is 10.9 Å². The quantitative estimate of drug-likeness (QED) is 0.938. The van der Waals surface area contributed by atoms with Crippen LogP contribution in [0.25, 0.3) is 10.9 Å². The number of hydrogen-bond acceptors (Lipinski definition) is 5. The molecule has 0 bridgehead atoms. The third-order valence-corrected chi connectivity index (χ3v) is 3.80. The van der Waals surface area contributed by atoms with E-state index in [1.165, 1.54) is 19.4 Å². The summed E-state index contributed by atoms with van der Waals surface area (Å²) in [5.74, 6) is 0.573. The summed E-state index contributed by atoms with van der Waals surface area (Å²) in [5.41, 5.74) is 6.07. The van der Waals surface area contributed by atoms with Gasteiger partial charge in [-0.1, -0.05) is 0 Å². The minimum Gasteiger partial charge on any atom is -0.497 e. The maximum absolute atomic E-state index is 14.0. The Bertz CT molecular complexity index is 657. The lowest BCUT2D eigenvalue weighted by atomic mass is 10.1. The van der Waals surface area contributed by atoms with E-state index in [-0.39, 0.29) is 17.7 Å². The summed E-state index contributed by atoms with van der Waals surface area (Å²) in [6.07, 6.45) is 3.33. The van der Waals surface area contributed by atoms with Crippen LogP contribution in [0.1, 0.15) is 12.8 Å². The lowest BCUT2D eigenvalue weighted by Crippen LogP contribution is -2.37. The highest BCUT2D eigenvalue weighted by atomic mass is 19.1. The lowest BCUT2D eigenvalue weighted by Gasteiger charge is -2.26. The highest BCUT2D eigenvalue weighted by molar-refractivity contribution is 5.86. The van der Waals surface area contributed by atoms with Gasteiger partial charge in [0, 0.05) is 23.7 Å².